The lowest BCUT2D eigenvalue weighted by Crippen LogP contribution is -2.14. The van der Waals surface area contributed by atoms with Crippen LogP contribution in [-0.2, 0) is 11.3 Å². The maximum Gasteiger partial charge on any atom is 0.342 e. The van der Waals surface area contributed by atoms with Crippen LogP contribution in [0, 0.1) is 24.4 Å². The third kappa shape index (κ3) is 4.82. The number of carbonyl (C=O) groups excluding carboxylic acids is 1. The van der Waals surface area contributed by atoms with Gasteiger partial charge in [-0.15, -0.1) is 0 Å². The van der Waals surface area contributed by atoms with Crippen molar-refractivity contribution in [2.24, 2.45) is 4.99 Å². The van der Waals surface area contributed by atoms with Crippen molar-refractivity contribution in [2.75, 3.05) is 20.7 Å². The molecule has 2 aromatic rings. The van der Waals surface area contributed by atoms with Crippen molar-refractivity contribution in [1.29, 1.82) is 0 Å². The number of nitrogens with zero attached hydrogens (tertiary/aromatic N) is 2. The van der Waals surface area contributed by atoms with E-state index in [0.717, 1.165) is 6.54 Å². The molecule has 0 amide bonds. The van der Waals surface area contributed by atoms with Crippen LogP contribution in [0.25, 0.3) is 0 Å². The van der Waals surface area contributed by atoms with E-state index in [1.54, 1.807) is 19.3 Å². The molecule has 0 fully saturated rings. The number of methoxy groups -OCH3 is 1. The van der Waals surface area contributed by atoms with Crippen molar-refractivity contribution in [3.8, 4) is 5.75 Å². The number of aliphatic imine (C=N–C) groups is 1. The third-order valence-corrected chi connectivity index (χ3v) is 4.15. The minimum absolute atomic E-state index is 0.0886. The fourth-order valence-corrected chi connectivity index (χ4v) is 2.41. The summed E-state index contributed by atoms with van der Waals surface area (Å²) in [5.41, 5.74) is 0.765. The van der Waals surface area contributed by atoms with Gasteiger partial charge >= 0.3 is 5.97 Å². The fourth-order valence-electron chi connectivity index (χ4n) is 2.41. The van der Waals surface area contributed by atoms with Crippen molar-refractivity contribution in [1.82, 2.24) is 4.90 Å². The topological polar surface area (TPSA) is 51.1 Å². The predicted octanol–water partition coefficient (Wildman–Crippen LogP) is 4.39. The highest BCUT2D eigenvalue weighted by atomic mass is 19.1. The number of halogens is 3. The highest BCUT2D eigenvalue weighted by Crippen LogP contribution is 2.32. The van der Waals surface area contributed by atoms with Gasteiger partial charge in [0.15, 0.2) is 0 Å². The first-order valence-electron chi connectivity index (χ1n) is 8.51. The number of rotatable bonds is 7. The van der Waals surface area contributed by atoms with E-state index in [2.05, 4.69) is 4.99 Å². The second kappa shape index (κ2) is 9.25. The molecule has 28 heavy (non-hydrogen) atoms. The summed E-state index contributed by atoms with van der Waals surface area (Å²) in [5.74, 6) is -3.88. The van der Waals surface area contributed by atoms with Crippen LogP contribution in [0.5, 0.6) is 5.75 Å². The summed E-state index contributed by atoms with van der Waals surface area (Å²) in [7, 11) is 3.26. The molecule has 2 rings (SSSR count). The standard InChI is InChI=1S/C20H21F3N2O3/c1-5-25(3)11-24-18-7-6-14(19(27-4)12(18)2)20(26)28-10-15-16(22)8-13(21)9-17(15)23/h6-9,11H,5,10H2,1-4H3. The van der Waals surface area contributed by atoms with Gasteiger partial charge < -0.3 is 14.4 Å². The van der Waals surface area contributed by atoms with Gasteiger partial charge in [0.05, 0.1) is 24.7 Å². The number of ether oxygens (including phenoxy) is 2. The first-order valence-corrected chi connectivity index (χ1v) is 8.51. The molecule has 8 heteroatoms. The quantitative estimate of drug-likeness (QED) is 0.397. The molecule has 0 saturated heterocycles. The smallest absolute Gasteiger partial charge is 0.342 e. The second-order valence-corrected chi connectivity index (χ2v) is 6.03. The zero-order valence-corrected chi connectivity index (χ0v) is 16.1. The lowest BCUT2D eigenvalue weighted by atomic mass is 10.1. The molecule has 0 unspecified atom stereocenters. The van der Waals surface area contributed by atoms with Crippen LogP contribution < -0.4 is 4.74 Å². The minimum atomic E-state index is -1.13. The van der Waals surface area contributed by atoms with E-state index in [9.17, 15) is 18.0 Å². The predicted molar refractivity (Wildman–Crippen MR) is 99.6 cm³/mol. The third-order valence-electron chi connectivity index (χ3n) is 4.15. The van der Waals surface area contributed by atoms with Gasteiger partial charge in [-0.25, -0.2) is 23.0 Å². The minimum Gasteiger partial charge on any atom is -0.495 e. The maximum atomic E-state index is 13.7. The van der Waals surface area contributed by atoms with E-state index in [4.69, 9.17) is 9.47 Å². The normalized spacial score (nSPS) is 11.0. The van der Waals surface area contributed by atoms with Crippen molar-refractivity contribution in [3.63, 3.8) is 0 Å². The summed E-state index contributed by atoms with van der Waals surface area (Å²) in [6.45, 7) is 3.81. The summed E-state index contributed by atoms with van der Waals surface area (Å²) >= 11 is 0. The van der Waals surface area contributed by atoms with E-state index in [1.807, 2.05) is 18.9 Å². The van der Waals surface area contributed by atoms with Crippen molar-refractivity contribution >= 4 is 18.0 Å². The van der Waals surface area contributed by atoms with Crippen LogP contribution in [0.15, 0.2) is 29.3 Å². The van der Waals surface area contributed by atoms with E-state index in [0.29, 0.717) is 23.4 Å². The lowest BCUT2D eigenvalue weighted by molar-refractivity contribution is 0.0461. The molecule has 5 nitrogen and oxygen atoms in total. The van der Waals surface area contributed by atoms with Gasteiger partial charge in [-0.1, -0.05) is 0 Å². The van der Waals surface area contributed by atoms with Crippen LogP contribution in [0.4, 0.5) is 18.9 Å². The Balaban J connectivity index is 2.24. The Bertz CT molecular complexity index is 878. The molecule has 0 aliphatic carbocycles. The second-order valence-electron chi connectivity index (χ2n) is 6.03. The van der Waals surface area contributed by atoms with E-state index >= 15 is 0 Å². The SMILES string of the molecule is CCN(C)C=Nc1ccc(C(=O)OCc2c(F)cc(F)cc2F)c(OC)c1C. The molecule has 0 aromatic heterocycles. The average molecular weight is 394 g/mol. The summed E-state index contributed by atoms with van der Waals surface area (Å²) in [5, 5.41) is 0. The molecule has 0 N–H and O–H groups in total. The number of hydrogen-bond acceptors (Lipinski definition) is 4. The summed E-state index contributed by atoms with van der Waals surface area (Å²) in [6.07, 6.45) is 1.65. The lowest BCUT2D eigenvalue weighted by Gasteiger charge is -2.14. The van der Waals surface area contributed by atoms with E-state index in [1.165, 1.54) is 13.2 Å². The van der Waals surface area contributed by atoms with E-state index < -0.39 is 35.6 Å². The monoisotopic (exact) mass is 394 g/mol. The average Bonchev–Trinajstić information content (AvgIpc) is 2.65. The van der Waals surface area contributed by atoms with Gasteiger partial charge in [0.2, 0.25) is 0 Å². The zero-order chi connectivity index (χ0) is 20.8. The molecule has 150 valence electrons. The van der Waals surface area contributed by atoms with Gasteiger partial charge in [-0.2, -0.15) is 0 Å². The van der Waals surface area contributed by atoms with Crippen LogP contribution >= 0.6 is 0 Å². The molecule has 0 radical (unpaired) electrons. The van der Waals surface area contributed by atoms with Crippen LogP contribution in [-0.4, -0.2) is 37.9 Å². The van der Waals surface area contributed by atoms with Crippen molar-refractivity contribution in [3.05, 3.63) is 58.4 Å². The number of benzene rings is 2. The maximum absolute atomic E-state index is 13.7. The van der Waals surface area contributed by atoms with E-state index in [-0.39, 0.29) is 11.3 Å². The largest absolute Gasteiger partial charge is 0.495 e. The Hall–Kier alpha value is -3.03. The molecule has 0 heterocycles. The number of carbonyl (C=O) groups is 1. The van der Waals surface area contributed by atoms with Crippen LogP contribution in [0.3, 0.4) is 0 Å². The summed E-state index contributed by atoms with van der Waals surface area (Å²) in [6, 6.07) is 4.13. The Morgan fingerprint density at radius 3 is 2.43 bits per heavy atom. The zero-order valence-electron chi connectivity index (χ0n) is 16.1. The molecule has 0 atom stereocenters. The first kappa shape index (κ1) is 21.3. The van der Waals surface area contributed by atoms with Gasteiger partial charge in [-0.3, -0.25) is 0 Å². The molecule has 0 bridgehead atoms. The Kier molecular flexibility index (Phi) is 7.03. The highest BCUT2D eigenvalue weighted by Gasteiger charge is 2.20. The Morgan fingerprint density at radius 2 is 1.86 bits per heavy atom. The van der Waals surface area contributed by atoms with Crippen molar-refractivity contribution < 1.29 is 27.4 Å². The van der Waals surface area contributed by atoms with Gasteiger partial charge in [0, 0.05) is 31.3 Å². The highest BCUT2D eigenvalue weighted by molar-refractivity contribution is 5.94. The fraction of sp³-hybridized carbons (Fsp3) is 0.300. The molecular formula is C20H21F3N2O3. The molecule has 0 spiro atoms. The summed E-state index contributed by atoms with van der Waals surface area (Å²) in [4.78, 5) is 18.6. The van der Waals surface area contributed by atoms with Crippen molar-refractivity contribution in [2.45, 2.75) is 20.5 Å². The molecule has 0 aliphatic heterocycles. The number of esters is 1. The van der Waals surface area contributed by atoms with Crippen LogP contribution in [0.2, 0.25) is 0 Å². The molecule has 0 saturated carbocycles. The van der Waals surface area contributed by atoms with Gasteiger partial charge in [0.1, 0.15) is 35.4 Å². The Morgan fingerprint density at radius 1 is 1.21 bits per heavy atom. The molecule has 2 aromatic carbocycles. The molecular weight excluding hydrogens is 373 g/mol. The first-order chi connectivity index (χ1) is 13.3. The summed E-state index contributed by atoms with van der Waals surface area (Å²) < 4.78 is 50.7. The van der Waals surface area contributed by atoms with Crippen LogP contribution in [0.1, 0.15) is 28.4 Å². The van der Waals surface area contributed by atoms with Gasteiger partial charge in [-0.05, 0) is 26.0 Å². The molecule has 0 aliphatic rings. The number of hydrogen-bond donors (Lipinski definition) is 0. The van der Waals surface area contributed by atoms with Gasteiger partial charge in [0.25, 0.3) is 0 Å². The Labute approximate surface area is 161 Å².